The molecule has 2 aromatic heterocycles. The maximum Gasteiger partial charge on any atom is 0.262 e. The molecule has 4 aromatic rings. The minimum absolute atomic E-state index is 0.0898. The Balaban J connectivity index is 1.57. The molecule has 194 valence electrons. The lowest BCUT2D eigenvalue weighted by atomic mass is 9.95. The van der Waals surface area contributed by atoms with Crippen molar-refractivity contribution in [3.8, 4) is 0 Å². The third-order valence-corrected chi connectivity index (χ3v) is 8.16. The fraction of sp³-hybridized carbons (Fsp3) is 0.448. The summed E-state index contributed by atoms with van der Waals surface area (Å²) in [5, 5.41) is 13.4. The lowest BCUT2D eigenvalue weighted by Gasteiger charge is -2.22. The van der Waals surface area contributed by atoms with Gasteiger partial charge in [0.25, 0.3) is 11.5 Å². The molecule has 2 aromatic carbocycles. The van der Waals surface area contributed by atoms with E-state index < -0.39 is 0 Å². The average Bonchev–Trinajstić information content (AvgIpc) is 3.31. The smallest absolute Gasteiger partial charge is 0.262 e. The summed E-state index contributed by atoms with van der Waals surface area (Å²) in [5.74, 6) is 1.62. The van der Waals surface area contributed by atoms with E-state index in [-0.39, 0.29) is 17.5 Å². The zero-order valence-electron chi connectivity index (χ0n) is 21.9. The van der Waals surface area contributed by atoms with Crippen LogP contribution in [0, 0.1) is 12.8 Å². The highest BCUT2D eigenvalue weighted by Crippen LogP contribution is 2.26. The van der Waals surface area contributed by atoms with E-state index in [1.807, 2.05) is 10.5 Å². The molecule has 2 heterocycles. The van der Waals surface area contributed by atoms with Crippen LogP contribution >= 0.6 is 11.8 Å². The third kappa shape index (κ3) is 5.59. The first-order valence-corrected chi connectivity index (χ1v) is 14.3. The SMILES string of the molecule is Cc1cccc(CSc2nnc3n(CCC(C)C)c(=O)c4ccc(C(=O)NC5CCCCC5)cc4n23)c1. The molecule has 0 atom stereocenters. The van der Waals surface area contributed by atoms with Crippen LogP contribution in [0.1, 0.15) is 73.9 Å². The van der Waals surface area contributed by atoms with Crippen LogP contribution in [0.4, 0.5) is 0 Å². The second-order valence-corrected chi connectivity index (χ2v) is 11.5. The van der Waals surface area contributed by atoms with Crippen molar-refractivity contribution in [1.82, 2.24) is 24.5 Å². The summed E-state index contributed by atoms with van der Waals surface area (Å²) < 4.78 is 3.68. The Hall–Kier alpha value is -3.13. The number of aryl methyl sites for hydroxylation is 2. The van der Waals surface area contributed by atoms with Crippen LogP contribution in [0.2, 0.25) is 0 Å². The Morgan fingerprint density at radius 3 is 2.68 bits per heavy atom. The Morgan fingerprint density at radius 1 is 1.11 bits per heavy atom. The van der Waals surface area contributed by atoms with Gasteiger partial charge in [-0.15, -0.1) is 10.2 Å². The van der Waals surface area contributed by atoms with Crippen LogP contribution in [0.5, 0.6) is 0 Å². The van der Waals surface area contributed by atoms with Gasteiger partial charge in [-0.3, -0.25) is 18.6 Å². The van der Waals surface area contributed by atoms with Gasteiger partial charge >= 0.3 is 0 Å². The van der Waals surface area contributed by atoms with E-state index in [1.54, 1.807) is 28.5 Å². The summed E-state index contributed by atoms with van der Waals surface area (Å²) in [5.41, 5.74) is 3.55. The van der Waals surface area contributed by atoms with Gasteiger partial charge in [0.15, 0.2) is 5.16 Å². The van der Waals surface area contributed by atoms with E-state index in [4.69, 9.17) is 0 Å². The number of fused-ring (bicyclic) bond motifs is 3. The van der Waals surface area contributed by atoms with Gasteiger partial charge in [0, 0.05) is 23.9 Å². The number of rotatable bonds is 8. The number of carbonyl (C=O) groups excluding carboxylic acids is 1. The van der Waals surface area contributed by atoms with Crippen LogP contribution in [-0.2, 0) is 12.3 Å². The number of carbonyl (C=O) groups is 1. The summed E-state index contributed by atoms with van der Waals surface area (Å²) in [6, 6.07) is 14.0. The number of aromatic nitrogens is 4. The van der Waals surface area contributed by atoms with E-state index in [0.29, 0.717) is 39.9 Å². The van der Waals surface area contributed by atoms with Gasteiger partial charge in [-0.05, 0) is 55.9 Å². The summed E-state index contributed by atoms with van der Waals surface area (Å²) in [6.45, 7) is 6.95. The Bertz CT molecular complexity index is 1480. The molecular formula is C29H35N5O2S. The number of hydrogen-bond acceptors (Lipinski definition) is 5. The maximum atomic E-state index is 13.6. The number of nitrogens with one attached hydrogen (secondary N) is 1. The lowest BCUT2D eigenvalue weighted by molar-refractivity contribution is 0.0928. The van der Waals surface area contributed by atoms with Crippen molar-refractivity contribution >= 4 is 34.3 Å². The molecule has 8 heteroatoms. The van der Waals surface area contributed by atoms with Crippen molar-refractivity contribution in [2.45, 2.75) is 82.8 Å². The first-order chi connectivity index (χ1) is 17.9. The highest BCUT2D eigenvalue weighted by Gasteiger charge is 2.21. The van der Waals surface area contributed by atoms with E-state index in [0.717, 1.165) is 37.9 Å². The molecule has 1 aliphatic rings. The van der Waals surface area contributed by atoms with Gasteiger partial charge in [-0.25, -0.2) is 0 Å². The van der Waals surface area contributed by atoms with Crippen LogP contribution < -0.4 is 10.9 Å². The Kier molecular flexibility index (Phi) is 7.65. The zero-order valence-corrected chi connectivity index (χ0v) is 22.7. The van der Waals surface area contributed by atoms with E-state index in [2.05, 4.69) is 60.6 Å². The number of hydrogen-bond donors (Lipinski definition) is 1. The van der Waals surface area contributed by atoms with Gasteiger partial charge in [0.05, 0.1) is 10.9 Å². The number of nitrogens with zero attached hydrogens (tertiary/aromatic N) is 4. The first-order valence-electron chi connectivity index (χ1n) is 13.3. The van der Waals surface area contributed by atoms with Crippen molar-refractivity contribution in [1.29, 1.82) is 0 Å². The normalized spacial score (nSPS) is 14.6. The standard InChI is InChI=1S/C29H35N5O2S/c1-19(2)14-15-33-27(36)24-13-12-22(26(35)30-23-10-5-4-6-11-23)17-25(24)34-28(33)31-32-29(34)37-18-21-9-7-8-20(3)16-21/h7-9,12-13,16-17,19,23H,4-6,10-11,14-15,18H2,1-3H3,(H,30,35). The zero-order chi connectivity index (χ0) is 25.9. The lowest BCUT2D eigenvalue weighted by Crippen LogP contribution is -2.36. The third-order valence-electron chi connectivity index (χ3n) is 7.15. The summed E-state index contributed by atoms with van der Waals surface area (Å²) in [7, 11) is 0. The summed E-state index contributed by atoms with van der Waals surface area (Å²) >= 11 is 1.59. The number of benzene rings is 2. The topological polar surface area (TPSA) is 81.3 Å². The van der Waals surface area contributed by atoms with E-state index >= 15 is 0 Å². The van der Waals surface area contributed by atoms with Crippen molar-refractivity contribution in [2.75, 3.05) is 0 Å². The van der Waals surface area contributed by atoms with Crippen molar-refractivity contribution in [3.63, 3.8) is 0 Å². The van der Waals surface area contributed by atoms with Crippen LogP contribution in [-0.4, -0.2) is 31.1 Å². The van der Waals surface area contributed by atoms with Crippen molar-refractivity contribution in [3.05, 3.63) is 69.5 Å². The van der Waals surface area contributed by atoms with Gasteiger partial charge in [-0.2, -0.15) is 0 Å². The minimum atomic E-state index is -0.0926. The molecule has 5 rings (SSSR count). The molecule has 0 radical (unpaired) electrons. The molecule has 37 heavy (non-hydrogen) atoms. The summed E-state index contributed by atoms with van der Waals surface area (Å²) in [6.07, 6.45) is 6.45. The van der Waals surface area contributed by atoms with Gasteiger partial charge < -0.3 is 5.32 Å². The number of amides is 1. The average molecular weight is 518 g/mol. The van der Waals surface area contributed by atoms with Crippen molar-refractivity contribution < 1.29 is 4.79 Å². The molecule has 0 aliphatic heterocycles. The highest BCUT2D eigenvalue weighted by atomic mass is 32.2. The predicted octanol–water partition coefficient (Wildman–Crippen LogP) is 5.75. The predicted molar refractivity (Wildman–Crippen MR) is 149 cm³/mol. The molecular weight excluding hydrogens is 482 g/mol. The second-order valence-electron chi connectivity index (χ2n) is 10.6. The molecule has 0 spiro atoms. The van der Waals surface area contributed by atoms with Gasteiger partial charge in [-0.1, -0.05) is 74.7 Å². The van der Waals surface area contributed by atoms with Gasteiger partial charge in [0.2, 0.25) is 5.78 Å². The molecule has 0 bridgehead atoms. The minimum Gasteiger partial charge on any atom is -0.349 e. The van der Waals surface area contributed by atoms with Crippen LogP contribution in [0.3, 0.4) is 0 Å². The fourth-order valence-corrected chi connectivity index (χ4v) is 5.95. The monoisotopic (exact) mass is 517 g/mol. The molecule has 0 saturated heterocycles. The molecule has 0 unspecified atom stereocenters. The Labute approximate surface area is 221 Å². The molecule has 1 aliphatic carbocycles. The molecule has 1 N–H and O–H groups in total. The van der Waals surface area contributed by atoms with E-state index in [1.165, 1.54) is 17.5 Å². The van der Waals surface area contributed by atoms with Crippen molar-refractivity contribution in [2.24, 2.45) is 5.92 Å². The molecule has 1 saturated carbocycles. The molecule has 1 amide bonds. The second kappa shape index (κ2) is 11.1. The Morgan fingerprint density at radius 2 is 1.92 bits per heavy atom. The quantitative estimate of drug-likeness (QED) is 0.301. The number of thioether (sulfide) groups is 1. The summed E-state index contributed by atoms with van der Waals surface area (Å²) in [4.78, 5) is 26.7. The highest BCUT2D eigenvalue weighted by molar-refractivity contribution is 7.98. The maximum absolute atomic E-state index is 13.6. The first kappa shape index (κ1) is 25.5. The largest absolute Gasteiger partial charge is 0.349 e. The van der Waals surface area contributed by atoms with Crippen LogP contribution in [0.15, 0.2) is 52.4 Å². The van der Waals surface area contributed by atoms with Crippen LogP contribution in [0.25, 0.3) is 16.7 Å². The van der Waals surface area contributed by atoms with E-state index in [9.17, 15) is 9.59 Å². The molecule has 1 fully saturated rings. The molecule has 7 nitrogen and oxygen atoms in total. The van der Waals surface area contributed by atoms with Gasteiger partial charge in [0.1, 0.15) is 0 Å². The fourth-order valence-electron chi connectivity index (χ4n) is 5.07.